The third kappa shape index (κ3) is 3.84. The molecule has 1 rings (SSSR count). The predicted molar refractivity (Wildman–Crippen MR) is 56.8 cm³/mol. The molecule has 0 amide bonds. The van der Waals surface area contributed by atoms with Crippen LogP contribution >= 0.6 is 28.3 Å². The van der Waals surface area contributed by atoms with Crippen molar-refractivity contribution in [2.75, 3.05) is 6.61 Å². The smallest absolute Gasteiger partial charge is 0.397 e. The number of hydrogen-bond acceptors (Lipinski definition) is 4. The third-order valence-electron chi connectivity index (χ3n) is 1.42. The average Bonchev–Trinajstić information content (AvgIpc) is 2.19. The van der Waals surface area contributed by atoms with Crippen LogP contribution in [0.3, 0.4) is 0 Å². The van der Waals surface area contributed by atoms with Crippen LogP contribution in [0.4, 0.5) is 13.2 Å². The zero-order chi connectivity index (χ0) is 12.2. The molecule has 0 saturated heterocycles. The first-order valence-corrected chi connectivity index (χ1v) is 5.60. The summed E-state index contributed by atoms with van der Waals surface area (Å²) in [5.41, 5.74) is -0.872. The van der Waals surface area contributed by atoms with Crippen molar-refractivity contribution in [3.05, 3.63) is 22.4 Å². The minimum Gasteiger partial charge on any atom is -0.397 e. The predicted octanol–water partition coefficient (Wildman–Crippen LogP) is 3.84. The molecule has 90 valence electrons. The lowest BCUT2D eigenvalue weighted by Crippen LogP contribution is -2.05. The van der Waals surface area contributed by atoms with Gasteiger partial charge in [0, 0.05) is 6.20 Å². The summed E-state index contributed by atoms with van der Waals surface area (Å²) in [7, 11) is 0. The summed E-state index contributed by atoms with van der Waals surface area (Å²) in [5, 5.41) is 0. The van der Waals surface area contributed by atoms with Crippen LogP contribution in [0.15, 0.2) is 16.9 Å². The van der Waals surface area contributed by atoms with Gasteiger partial charge in [0.15, 0.2) is 5.75 Å². The first-order chi connectivity index (χ1) is 7.45. The largest absolute Gasteiger partial charge is 0.418 e. The standard InChI is InChI=1S/C8H7BrF3NO2S/c1-2-14-16-15-6-3-5(8(10,11)12)4-13-7(6)9/h3-4H,2H2,1H3. The maximum atomic E-state index is 12.3. The van der Waals surface area contributed by atoms with E-state index in [4.69, 9.17) is 8.37 Å². The van der Waals surface area contributed by atoms with E-state index < -0.39 is 11.7 Å². The second kappa shape index (κ2) is 5.74. The van der Waals surface area contributed by atoms with E-state index in [-0.39, 0.29) is 10.4 Å². The fraction of sp³-hybridized carbons (Fsp3) is 0.375. The molecule has 16 heavy (non-hydrogen) atoms. The van der Waals surface area contributed by atoms with Crippen molar-refractivity contribution in [2.45, 2.75) is 13.1 Å². The van der Waals surface area contributed by atoms with Crippen LogP contribution in [0.2, 0.25) is 0 Å². The van der Waals surface area contributed by atoms with Crippen LogP contribution in [0.25, 0.3) is 0 Å². The Hall–Kier alpha value is -0.470. The average molecular weight is 318 g/mol. The first-order valence-electron chi connectivity index (χ1n) is 4.14. The number of hydrogen-bond donors (Lipinski definition) is 0. The molecule has 8 heteroatoms. The molecule has 3 nitrogen and oxygen atoms in total. The molecule has 1 aromatic rings. The summed E-state index contributed by atoms with van der Waals surface area (Å²) in [5.74, 6) is -0.0340. The zero-order valence-corrected chi connectivity index (χ0v) is 10.4. The molecular formula is C8H7BrF3NO2S. The van der Waals surface area contributed by atoms with Gasteiger partial charge in [-0.25, -0.2) is 4.98 Å². The van der Waals surface area contributed by atoms with Gasteiger partial charge in [-0.3, -0.25) is 4.18 Å². The number of rotatable bonds is 4. The Balaban J connectivity index is 2.83. The lowest BCUT2D eigenvalue weighted by atomic mass is 10.3. The molecule has 0 fully saturated rings. The summed E-state index contributed by atoms with van der Waals surface area (Å²) in [6.45, 7) is 2.12. The fourth-order valence-electron chi connectivity index (χ4n) is 0.750. The third-order valence-corrected chi connectivity index (χ3v) is 2.60. The Kier molecular flexibility index (Phi) is 4.88. The van der Waals surface area contributed by atoms with Crippen molar-refractivity contribution >= 4 is 28.3 Å². The molecule has 0 radical (unpaired) electrons. The quantitative estimate of drug-likeness (QED) is 0.479. The first kappa shape index (κ1) is 13.6. The van der Waals surface area contributed by atoms with E-state index in [9.17, 15) is 13.2 Å². The Morgan fingerprint density at radius 3 is 2.75 bits per heavy atom. The highest BCUT2D eigenvalue weighted by atomic mass is 79.9. The Morgan fingerprint density at radius 2 is 2.19 bits per heavy atom. The number of pyridine rings is 1. The zero-order valence-electron chi connectivity index (χ0n) is 8.05. The minimum absolute atomic E-state index is 0.0340. The second-order valence-electron chi connectivity index (χ2n) is 2.57. The summed E-state index contributed by atoms with van der Waals surface area (Å²) in [6, 6.07) is 0.850. The van der Waals surface area contributed by atoms with Gasteiger partial charge in [0.2, 0.25) is 12.3 Å². The van der Waals surface area contributed by atoms with E-state index in [0.29, 0.717) is 18.9 Å². The van der Waals surface area contributed by atoms with Gasteiger partial charge in [0.25, 0.3) is 0 Å². The maximum Gasteiger partial charge on any atom is 0.418 e. The summed E-state index contributed by atoms with van der Waals surface area (Å²) >= 11 is 3.58. The highest BCUT2D eigenvalue weighted by molar-refractivity contribution is 9.10. The van der Waals surface area contributed by atoms with Crippen LogP contribution in [-0.4, -0.2) is 11.6 Å². The van der Waals surface area contributed by atoms with E-state index in [2.05, 4.69) is 20.9 Å². The molecule has 0 unspecified atom stereocenters. The monoisotopic (exact) mass is 317 g/mol. The van der Waals surface area contributed by atoms with E-state index in [1.165, 1.54) is 0 Å². The Labute approximate surface area is 103 Å². The molecule has 1 aromatic heterocycles. The van der Waals surface area contributed by atoms with Crippen molar-refractivity contribution < 1.29 is 21.5 Å². The number of aromatic nitrogens is 1. The lowest BCUT2D eigenvalue weighted by Gasteiger charge is -2.09. The molecule has 0 aliphatic heterocycles. The number of alkyl halides is 3. The van der Waals surface area contributed by atoms with Gasteiger partial charge in [-0.15, -0.1) is 0 Å². The normalized spacial score (nSPS) is 11.6. The molecule has 0 saturated carbocycles. The molecule has 0 bridgehead atoms. The molecule has 0 N–H and O–H groups in total. The molecule has 0 aliphatic rings. The highest BCUT2D eigenvalue weighted by Crippen LogP contribution is 2.34. The maximum absolute atomic E-state index is 12.3. The van der Waals surface area contributed by atoms with E-state index >= 15 is 0 Å². The summed E-state index contributed by atoms with van der Waals surface area (Å²) in [4.78, 5) is 3.53. The van der Waals surface area contributed by atoms with Crippen LogP contribution < -0.4 is 4.18 Å². The fourth-order valence-corrected chi connectivity index (χ4v) is 1.50. The topological polar surface area (TPSA) is 31.4 Å². The van der Waals surface area contributed by atoms with Crippen molar-refractivity contribution in [3.63, 3.8) is 0 Å². The second-order valence-corrected chi connectivity index (χ2v) is 3.86. The minimum atomic E-state index is -4.44. The van der Waals surface area contributed by atoms with E-state index in [1.54, 1.807) is 6.92 Å². The lowest BCUT2D eigenvalue weighted by molar-refractivity contribution is -0.137. The van der Waals surface area contributed by atoms with Crippen molar-refractivity contribution in [1.82, 2.24) is 4.98 Å². The van der Waals surface area contributed by atoms with Crippen LogP contribution in [0, 0.1) is 0 Å². The Bertz CT molecular complexity index is 362. The van der Waals surface area contributed by atoms with E-state index in [1.807, 2.05) is 0 Å². The van der Waals surface area contributed by atoms with Crippen LogP contribution in [-0.2, 0) is 10.4 Å². The van der Waals surface area contributed by atoms with Gasteiger partial charge in [-0.05, 0) is 28.9 Å². The van der Waals surface area contributed by atoms with Gasteiger partial charge in [-0.2, -0.15) is 13.2 Å². The van der Waals surface area contributed by atoms with Crippen molar-refractivity contribution in [1.29, 1.82) is 0 Å². The van der Waals surface area contributed by atoms with E-state index in [0.717, 1.165) is 12.3 Å². The van der Waals surface area contributed by atoms with Crippen LogP contribution in [0.1, 0.15) is 12.5 Å². The van der Waals surface area contributed by atoms with Crippen molar-refractivity contribution in [2.24, 2.45) is 0 Å². The Morgan fingerprint density at radius 1 is 1.50 bits per heavy atom. The number of nitrogens with zero attached hydrogens (tertiary/aromatic N) is 1. The van der Waals surface area contributed by atoms with Gasteiger partial charge < -0.3 is 4.18 Å². The summed E-state index contributed by atoms with van der Waals surface area (Å²) in [6.07, 6.45) is -3.72. The van der Waals surface area contributed by atoms with Crippen molar-refractivity contribution in [3.8, 4) is 5.75 Å². The van der Waals surface area contributed by atoms with Gasteiger partial charge in [0.05, 0.1) is 12.2 Å². The molecular weight excluding hydrogens is 311 g/mol. The molecule has 0 atom stereocenters. The molecule has 0 aliphatic carbocycles. The van der Waals surface area contributed by atoms with Gasteiger partial charge in [0.1, 0.15) is 4.60 Å². The number of halogens is 4. The molecule has 0 spiro atoms. The van der Waals surface area contributed by atoms with Gasteiger partial charge in [-0.1, -0.05) is 0 Å². The molecule has 1 heterocycles. The highest BCUT2D eigenvalue weighted by Gasteiger charge is 2.32. The SMILES string of the molecule is CCOSOc1cc(C(F)(F)F)cnc1Br. The molecule has 0 aromatic carbocycles. The van der Waals surface area contributed by atoms with Gasteiger partial charge >= 0.3 is 6.18 Å². The summed E-state index contributed by atoms with van der Waals surface area (Å²) < 4.78 is 46.9. The van der Waals surface area contributed by atoms with Crippen LogP contribution in [0.5, 0.6) is 5.75 Å².